The number of rotatable bonds is 7. The van der Waals surface area contributed by atoms with Gasteiger partial charge in [0.2, 0.25) is 0 Å². The summed E-state index contributed by atoms with van der Waals surface area (Å²) in [4.78, 5) is 46.1. The van der Waals surface area contributed by atoms with E-state index in [1.807, 2.05) is 6.92 Å². The lowest BCUT2D eigenvalue weighted by atomic mass is 9.91. The summed E-state index contributed by atoms with van der Waals surface area (Å²) in [7, 11) is 0. The Hall–Kier alpha value is -5.06. The van der Waals surface area contributed by atoms with Gasteiger partial charge in [0.15, 0.2) is 5.43 Å². The number of hydrogen-bond acceptors (Lipinski definition) is 7. The quantitative estimate of drug-likeness (QED) is 0.207. The molecule has 2 aromatic carbocycles. The molecule has 4 rings (SSSR count). The first-order chi connectivity index (χ1) is 17.6. The number of fused-ring (bicyclic) bond motifs is 2. The average Bonchev–Trinajstić information content (AvgIpc) is 2.84. The lowest BCUT2D eigenvalue weighted by Crippen LogP contribution is -2.39. The van der Waals surface area contributed by atoms with Crippen LogP contribution < -0.4 is 10.7 Å². The van der Waals surface area contributed by atoms with E-state index in [4.69, 9.17) is 9.52 Å². The Balaban J connectivity index is 1.72. The monoisotopic (exact) mass is 503 g/mol. The van der Waals surface area contributed by atoms with Gasteiger partial charge in [-0.15, -0.1) is 5.11 Å². The van der Waals surface area contributed by atoms with Crippen molar-refractivity contribution in [2.24, 2.45) is 10.2 Å². The molecule has 0 radical (unpaired) electrons. The number of urea groups is 1. The third kappa shape index (κ3) is 5.61. The van der Waals surface area contributed by atoms with Crippen molar-refractivity contribution in [3.05, 3.63) is 70.4 Å². The highest BCUT2D eigenvalue weighted by Gasteiger charge is 2.21. The van der Waals surface area contributed by atoms with Gasteiger partial charge in [0.25, 0.3) is 0 Å². The Morgan fingerprint density at radius 1 is 1.00 bits per heavy atom. The van der Waals surface area contributed by atoms with E-state index in [0.29, 0.717) is 27.9 Å². The number of aryl methyl sites for hydroxylation is 1. The molecule has 4 N–H and O–H groups in total. The predicted molar refractivity (Wildman–Crippen MR) is 132 cm³/mol. The summed E-state index contributed by atoms with van der Waals surface area (Å²) in [6.07, 6.45) is -0.743. The fourth-order valence-corrected chi connectivity index (χ4v) is 3.90. The summed E-state index contributed by atoms with van der Waals surface area (Å²) in [6.45, 7) is 1.87. The number of nitrogens with zero attached hydrogens (tertiary/aromatic N) is 2. The number of aliphatic carboxylic acids is 2. The molecule has 0 bridgehead atoms. The number of benzene rings is 3. The van der Waals surface area contributed by atoms with Gasteiger partial charge in [-0.2, -0.15) is 0 Å². The minimum Gasteiger partial charge on any atom is -0.508 e. The molecular formula is C26H21N3O8. The van der Waals surface area contributed by atoms with Crippen LogP contribution in [0.4, 0.5) is 10.5 Å². The molecule has 37 heavy (non-hydrogen) atoms. The number of amides is 2. The predicted octanol–water partition coefficient (Wildman–Crippen LogP) is 4.69. The number of phenolic OH excluding ortho intramolecular Hbond substituents is 1. The summed E-state index contributed by atoms with van der Waals surface area (Å²) < 4.78 is 5.87. The van der Waals surface area contributed by atoms with Crippen LogP contribution in [0.3, 0.4) is 0 Å². The highest BCUT2D eigenvalue weighted by molar-refractivity contribution is 6.03. The van der Waals surface area contributed by atoms with Gasteiger partial charge in [-0.25, -0.2) is 9.59 Å². The first-order valence-electron chi connectivity index (χ1n) is 11.1. The van der Waals surface area contributed by atoms with Crippen LogP contribution in [0.5, 0.6) is 5.75 Å². The molecule has 0 aromatic heterocycles. The molecule has 1 aliphatic heterocycles. The van der Waals surface area contributed by atoms with Gasteiger partial charge >= 0.3 is 18.0 Å². The van der Waals surface area contributed by atoms with Crippen LogP contribution >= 0.6 is 0 Å². The van der Waals surface area contributed by atoms with Gasteiger partial charge in [-0.1, -0.05) is 11.2 Å². The van der Waals surface area contributed by atoms with Crippen molar-refractivity contribution in [2.45, 2.75) is 25.8 Å². The maximum Gasteiger partial charge on any atom is 0.360 e. The zero-order valence-corrected chi connectivity index (χ0v) is 19.5. The molecule has 1 heterocycles. The molecule has 2 aromatic rings. The van der Waals surface area contributed by atoms with Gasteiger partial charge in [0, 0.05) is 35.1 Å². The van der Waals surface area contributed by atoms with Crippen molar-refractivity contribution in [1.82, 2.24) is 5.32 Å². The highest BCUT2D eigenvalue weighted by Crippen LogP contribution is 2.42. The smallest absolute Gasteiger partial charge is 0.360 e. The van der Waals surface area contributed by atoms with E-state index in [1.165, 1.54) is 24.3 Å². The summed E-state index contributed by atoms with van der Waals surface area (Å²) in [6, 6.07) is 11.7. The lowest BCUT2D eigenvalue weighted by molar-refractivity contribution is -0.140. The molecule has 0 unspecified atom stereocenters. The molecule has 11 heteroatoms. The van der Waals surface area contributed by atoms with Crippen LogP contribution in [-0.2, 0) is 9.59 Å². The molecule has 0 spiro atoms. The van der Waals surface area contributed by atoms with Crippen molar-refractivity contribution in [1.29, 1.82) is 0 Å². The first-order valence-corrected chi connectivity index (χ1v) is 11.1. The van der Waals surface area contributed by atoms with E-state index >= 15 is 0 Å². The molecule has 2 amide bonds. The number of aromatic hydroxyl groups is 1. The number of nitrogens with one attached hydrogen (secondary N) is 1. The maximum atomic E-state index is 12.2. The summed E-state index contributed by atoms with van der Waals surface area (Å²) in [5.74, 6) is -2.26. The number of phenols is 1. The molecular weight excluding hydrogens is 482 g/mol. The zero-order valence-electron chi connectivity index (χ0n) is 19.5. The minimum absolute atomic E-state index is 0.00636. The van der Waals surface area contributed by atoms with E-state index in [1.54, 1.807) is 30.3 Å². The summed E-state index contributed by atoms with van der Waals surface area (Å²) in [5, 5.41) is 38.1. The SMILES string of the molecule is Cc1ccc(N=NC(=O)N[C@@H](CCC(=O)O)C(=O)O)cc1-c1c2ccc(=O)cc-2oc2cc(O)ccc12. The normalized spacial score (nSPS) is 12.1. The lowest BCUT2D eigenvalue weighted by Gasteiger charge is -2.17. The van der Waals surface area contributed by atoms with Crippen molar-refractivity contribution >= 4 is 34.6 Å². The van der Waals surface area contributed by atoms with Crippen LogP contribution in [-0.4, -0.2) is 39.3 Å². The summed E-state index contributed by atoms with van der Waals surface area (Å²) in [5.41, 5.74) is 3.32. The Labute approximate surface area is 209 Å². The highest BCUT2D eigenvalue weighted by atomic mass is 16.4. The topological polar surface area (TPSA) is 179 Å². The molecule has 1 atom stereocenters. The van der Waals surface area contributed by atoms with Crippen LogP contribution in [0.2, 0.25) is 0 Å². The zero-order chi connectivity index (χ0) is 26.7. The number of hydrogen-bond donors (Lipinski definition) is 4. The minimum atomic E-state index is -1.43. The molecule has 11 nitrogen and oxygen atoms in total. The summed E-state index contributed by atoms with van der Waals surface area (Å²) >= 11 is 0. The van der Waals surface area contributed by atoms with Crippen LogP contribution in [0.25, 0.3) is 33.4 Å². The van der Waals surface area contributed by atoms with Crippen LogP contribution in [0.15, 0.2) is 74.0 Å². The van der Waals surface area contributed by atoms with Gasteiger partial charge in [-0.3, -0.25) is 9.59 Å². The van der Waals surface area contributed by atoms with E-state index in [0.717, 1.165) is 11.1 Å². The Kier molecular flexibility index (Phi) is 6.96. The second kappa shape index (κ2) is 10.3. The van der Waals surface area contributed by atoms with Crippen molar-refractivity contribution in [3.63, 3.8) is 0 Å². The molecule has 0 saturated heterocycles. The van der Waals surface area contributed by atoms with Gasteiger partial charge in [-0.05, 0) is 60.9 Å². The Morgan fingerprint density at radius 2 is 1.78 bits per heavy atom. The van der Waals surface area contributed by atoms with Gasteiger partial charge in [0.1, 0.15) is 23.1 Å². The average molecular weight is 503 g/mol. The van der Waals surface area contributed by atoms with Crippen LogP contribution in [0, 0.1) is 6.92 Å². The van der Waals surface area contributed by atoms with E-state index in [9.17, 15) is 29.4 Å². The number of carbonyl (C=O) groups excluding carboxylic acids is 1. The van der Waals surface area contributed by atoms with Crippen molar-refractivity contribution in [3.8, 4) is 28.2 Å². The fraction of sp³-hybridized carbons (Fsp3) is 0.154. The third-order valence-electron chi connectivity index (χ3n) is 5.67. The third-order valence-corrected chi connectivity index (χ3v) is 5.67. The molecule has 0 saturated carbocycles. The Bertz CT molecular complexity index is 1590. The van der Waals surface area contributed by atoms with Crippen molar-refractivity contribution in [2.75, 3.05) is 0 Å². The van der Waals surface area contributed by atoms with E-state index in [-0.39, 0.29) is 23.3 Å². The number of carbonyl (C=O) groups is 3. The van der Waals surface area contributed by atoms with Crippen molar-refractivity contribution < 1.29 is 34.1 Å². The van der Waals surface area contributed by atoms with Gasteiger partial charge in [0.05, 0.1) is 5.69 Å². The largest absolute Gasteiger partial charge is 0.508 e. The molecule has 1 aliphatic carbocycles. The van der Waals surface area contributed by atoms with Crippen LogP contribution in [0.1, 0.15) is 18.4 Å². The number of carboxylic acids is 2. The molecule has 0 fully saturated rings. The Morgan fingerprint density at radius 3 is 2.51 bits per heavy atom. The number of azo groups is 1. The number of carboxylic acid groups (broad SMARTS) is 2. The maximum absolute atomic E-state index is 12.2. The van der Waals surface area contributed by atoms with E-state index in [2.05, 4.69) is 15.5 Å². The second-order valence-electron chi connectivity index (χ2n) is 8.29. The first kappa shape index (κ1) is 25.0. The standard InChI is InChI=1S/C26H21N3O8/c1-13-2-3-14(28-29-26(36)27-20(25(34)35)8-9-23(32)33)10-19(13)24-17-6-4-15(30)11-21(17)37-22-12-16(31)5-7-18(22)24/h2-7,10-12,20,30H,8-9H2,1H3,(H,27,36)(H,32,33)(H,34,35)/t20-/m0/s1. The second-order valence-corrected chi connectivity index (χ2v) is 8.29. The van der Waals surface area contributed by atoms with Gasteiger partial charge < -0.3 is 25.1 Å². The van der Waals surface area contributed by atoms with E-state index < -0.39 is 30.4 Å². The molecule has 188 valence electrons. The fourth-order valence-electron chi connectivity index (χ4n) is 3.90. The molecule has 2 aliphatic rings.